The van der Waals surface area contributed by atoms with Crippen molar-refractivity contribution in [1.29, 1.82) is 0 Å². The van der Waals surface area contributed by atoms with Crippen molar-refractivity contribution in [2.24, 2.45) is 0 Å². The van der Waals surface area contributed by atoms with E-state index in [0.717, 1.165) is 12.1 Å². The molecular formula is C11H11F2NO4. The Hall–Kier alpha value is -2.05. The smallest absolute Gasteiger partial charge is 0.340 e. The summed E-state index contributed by atoms with van der Waals surface area (Å²) in [5, 5.41) is 10.4. The summed E-state index contributed by atoms with van der Waals surface area (Å²) in [6, 6.07) is 1.53. The highest BCUT2D eigenvalue weighted by Gasteiger charge is 2.25. The molecule has 1 unspecified atom stereocenters. The van der Waals surface area contributed by atoms with Crippen LogP contribution in [0.15, 0.2) is 12.1 Å². The lowest BCUT2D eigenvalue weighted by Crippen LogP contribution is -2.14. The highest BCUT2D eigenvalue weighted by Crippen LogP contribution is 2.27. The van der Waals surface area contributed by atoms with Gasteiger partial charge in [-0.1, -0.05) is 0 Å². The molecule has 0 saturated heterocycles. The number of esters is 1. The molecule has 0 amide bonds. The quantitative estimate of drug-likeness (QED) is 0.473. The van der Waals surface area contributed by atoms with Crippen molar-refractivity contribution in [2.45, 2.75) is 19.8 Å². The van der Waals surface area contributed by atoms with Gasteiger partial charge in [0.15, 0.2) is 0 Å². The van der Waals surface area contributed by atoms with E-state index < -0.39 is 34.1 Å². The van der Waals surface area contributed by atoms with Crippen LogP contribution in [0.2, 0.25) is 0 Å². The lowest BCUT2D eigenvalue weighted by atomic mass is 10.0. The van der Waals surface area contributed by atoms with Crippen LogP contribution in [0.25, 0.3) is 0 Å². The maximum absolute atomic E-state index is 13.3. The van der Waals surface area contributed by atoms with E-state index in [0.29, 0.717) is 0 Å². The van der Waals surface area contributed by atoms with Crippen LogP contribution in [0.5, 0.6) is 0 Å². The average Bonchev–Trinajstić information content (AvgIpc) is 2.26. The Morgan fingerprint density at radius 1 is 1.44 bits per heavy atom. The second-order valence-corrected chi connectivity index (χ2v) is 3.56. The number of hydrogen-bond donors (Lipinski definition) is 0. The summed E-state index contributed by atoms with van der Waals surface area (Å²) in [6.07, 6.45) is 0. The molecule has 1 atom stereocenters. The van der Waals surface area contributed by atoms with E-state index in [2.05, 4.69) is 0 Å². The van der Waals surface area contributed by atoms with Gasteiger partial charge in [0.05, 0.1) is 17.4 Å². The number of carbonyl (C=O) groups excluding carboxylic acids is 1. The number of nitro groups is 1. The molecule has 0 aliphatic carbocycles. The third-order valence-corrected chi connectivity index (χ3v) is 2.36. The minimum absolute atomic E-state index is 0.00551. The zero-order chi connectivity index (χ0) is 13.9. The summed E-state index contributed by atoms with van der Waals surface area (Å²) in [5.41, 5.74) is -1.23. The Bertz CT molecular complexity index is 467. The molecule has 7 heteroatoms. The van der Waals surface area contributed by atoms with Gasteiger partial charge in [0.1, 0.15) is 0 Å². The predicted octanol–water partition coefficient (Wildman–Crippen LogP) is 2.54. The first kappa shape index (κ1) is 14.0. The van der Waals surface area contributed by atoms with Crippen LogP contribution >= 0.6 is 0 Å². The zero-order valence-electron chi connectivity index (χ0n) is 9.78. The van der Waals surface area contributed by atoms with Gasteiger partial charge >= 0.3 is 11.7 Å². The maximum Gasteiger partial charge on any atom is 0.340 e. The number of nitrogens with zero attached hydrogens (tertiary/aromatic N) is 1. The molecular weight excluding hydrogens is 248 g/mol. The van der Waals surface area contributed by atoms with Gasteiger partial charge < -0.3 is 4.74 Å². The predicted molar refractivity (Wildman–Crippen MR) is 58.1 cm³/mol. The Morgan fingerprint density at radius 3 is 2.33 bits per heavy atom. The fourth-order valence-electron chi connectivity index (χ4n) is 1.41. The molecule has 0 saturated carbocycles. The van der Waals surface area contributed by atoms with Crippen molar-refractivity contribution in [3.63, 3.8) is 0 Å². The number of rotatable bonds is 4. The molecule has 0 bridgehead atoms. The molecule has 0 aromatic heterocycles. The summed E-state index contributed by atoms with van der Waals surface area (Å²) in [7, 11) is 0. The van der Waals surface area contributed by atoms with Gasteiger partial charge in [-0.25, -0.2) is 0 Å². The third-order valence-electron chi connectivity index (χ3n) is 2.36. The molecule has 0 fully saturated rings. The molecule has 0 spiro atoms. The van der Waals surface area contributed by atoms with Crippen LogP contribution in [0.1, 0.15) is 25.3 Å². The van der Waals surface area contributed by atoms with Crippen molar-refractivity contribution in [1.82, 2.24) is 0 Å². The number of hydrogen-bond acceptors (Lipinski definition) is 4. The summed E-state index contributed by atoms with van der Waals surface area (Å²) in [5.74, 6) is -4.17. The lowest BCUT2D eigenvalue weighted by molar-refractivity contribution is -0.390. The average molecular weight is 259 g/mol. The molecule has 1 aromatic carbocycles. The van der Waals surface area contributed by atoms with Crippen molar-refractivity contribution in [2.75, 3.05) is 6.61 Å². The number of benzene rings is 1. The Kier molecular flexibility index (Phi) is 4.30. The molecule has 18 heavy (non-hydrogen) atoms. The second kappa shape index (κ2) is 5.52. The molecule has 0 heterocycles. The zero-order valence-corrected chi connectivity index (χ0v) is 9.78. The van der Waals surface area contributed by atoms with E-state index in [1.165, 1.54) is 6.92 Å². The third kappa shape index (κ3) is 2.79. The summed E-state index contributed by atoms with van der Waals surface area (Å²) in [6.45, 7) is 3.14. The first-order chi connectivity index (χ1) is 8.38. The fraction of sp³-hybridized carbons (Fsp3) is 0.364. The topological polar surface area (TPSA) is 69.4 Å². The van der Waals surface area contributed by atoms with Crippen LogP contribution < -0.4 is 0 Å². The second-order valence-electron chi connectivity index (χ2n) is 3.56. The Labute approximate surface area is 102 Å². The number of ether oxygens (including phenoxy) is 1. The minimum atomic E-state index is -1.31. The number of nitro benzene ring substituents is 1. The summed E-state index contributed by atoms with van der Waals surface area (Å²) in [4.78, 5) is 20.6. The molecule has 0 aliphatic rings. The first-order valence-corrected chi connectivity index (χ1v) is 5.18. The Morgan fingerprint density at radius 2 is 1.94 bits per heavy atom. The van der Waals surface area contributed by atoms with E-state index in [9.17, 15) is 23.7 Å². The van der Waals surface area contributed by atoms with Crippen LogP contribution in [0.3, 0.4) is 0 Å². The van der Waals surface area contributed by atoms with Crippen LogP contribution in [-0.2, 0) is 9.53 Å². The minimum Gasteiger partial charge on any atom is -0.466 e. The molecule has 98 valence electrons. The van der Waals surface area contributed by atoms with Gasteiger partial charge in [0, 0.05) is 0 Å². The Balaban J connectivity index is 3.14. The maximum atomic E-state index is 13.3. The van der Waals surface area contributed by atoms with Gasteiger partial charge in [0.25, 0.3) is 0 Å². The fourth-order valence-corrected chi connectivity index (χ4v) is 1.41. The van der Waals surface area contributed by atoms with Gasteiger partial charge in [-0.15, -0.1) is 0 Å². The monoisotopic (exact) mass is 259 g/mol. The standard InChI is InChI=1S/C11H11F2NO4/c1-3-18-11(15)6(2)7-4-8(12)10(14(16)17)9(13)5-7/h4-6H,3H2,1-2H3. The van der Waals surface area contributed by atoms with E-state index >= 15 is 0 Å². The molecule has 1 aromatic rings. The highest BCUT2D eigenvalue weighted by molar-refractivity contribution is 5.77. The van der Waals surface area contributed by atoms with Crippen molar-refractivity contribution >= 4 is 11.7 Å². The lowest BCUT2D eigenvalue weighted by Gasteiger charge is -2.11. The van der Waals surface area contributed by atoms with Crippen molar-refractivity contribution in [3.05, 3.63) is 39.4 Å². The molecule has 1 rings (SSSR count). The summed E-state index contributed by atoms with van der Waals surface area (Å²) >= 11 is 0. The van der Waals surface area contributed by atoms with E-state index in [4.69, 9.17) is 4.74 Å². The van der Waals surface area contributed by atoms with Crippen LogP contribution in [0, 0.1) is 21.7 Å². The molecule has 5 nitrogen and oxygen atoms in total. The molecule has 0 N–H and O–H groups in total. The SMILES string of the molecule is CCOC(=O)C(C)c1cc(F)c([N+](=O)[O-])c(F)c1. The molecule has 0 radical (unpaired) electrons. The molecule has 0 aliphatic heterocycles. The van der Waals surface area contributed by atoms with Crippen molar-refractivity contribution in [3.8, 4) is 0 Å². The van der Waals surface area contributed by atoms with Gasteiger partial charge in [-0.2, -0.15) is 8.78 Å². The van der Waals surface area contributed by atoms with Crippen LogP contribution in [-0.4, -0.2) is 17.5 Å². The number of carbonyl (C=O) groups is 1. The van der Waals surface area contributed by atoms with E-state index in [1.54, 1.807) is 6.92 Å². The number of halogens is 2. The van der Waals surface area contributed by atoms with Gasteiger partial charge in [-0.05, 0) is 31.5 Å². The normalized spacial score (nSPS) is 12.0. The largest absolute Gasteiger partial charge is 0.466 e. The summed E-state index contributed by atoms with van der Waals surface area (Å²) < 4.78 is 31.4. The van der Waals surface area contributed by atoms with E-state index in [-0.39, 0.29) is 12.2 Å². The van der Waals surface area contributed by atoms with Crippen LogP contribution in [0.4, 0.5) is 14.5 Å². The van der Waals surface area contributed by atoms with E-state index in [1.807, 2.05) is 0 Å². The van der Waals surface area contributed by atoms with Gasteiger partial charge in [-0.3, -0.25) is 14.9 Å². The highest BCUT2D eigenvalue weighted by atomic mass is 19.1. The van der Waals surface area contributed by atoms with Crippen molar-refractivity contribution < 1.29 is 23.2 Å². The van der Waals surface area contributed by atoms with Gasteiger partial charge in [0.2, 0.25) is 11.6 Å². The first-order valence-electron chi connectivity index (χ1n) is 5.18.